The number of benzene rings is 2. The Morgan fingerprint density at radius 2 is 1.76 bits per heavy atom. The highest BCUT2D eigenvalue weighted by atomic mass is 16.5. The number of piperazine rings is 1. The van der Waals surface area contributed by atoms with E-state index in [1.807, 2.05) is 48.5 Å². The monoisotopic (exact) mass is 445 g/mol. The molecule has 7 heteroatoms. The standard InChI is InChI=1S/C26H27N3O4/c1-28-14-16-29(17-15-28)23-11-8-20(26(31)32-2)18-22(23)27-25(30)13-10-21-9-12-24(33-21)19-6-4-3-5-7-19/h3-13,18H,14-17H2,1-2H3,(H,27,30)/b13-10+. The molecule has 0 radical (unpaired) electrons. The molecule has 0 unspecified atom stereocenters. The van der Waals surface area contributed by atoms with Gasteiger partial charge in [0.15, 0.2) is 0 Å². The summed E-state index contributed by atoms with van der Waals surface area (Å²) in [7, 11) is 3.42. The van der Waals surface area contributed by atoms with Crippen LogP contribution >= 0.6 is 0 Å². The molecule has 0 spiro atoms. The van der Waals surface area contributed by atoms with Crippen LogP contribution in [0.3, 0.4) is 0 Å². The summed E-state index contributed by atoms with van der Waals surface area (Å²) < 4.78 is 10.7. The smallest absolute Gasteiger partial charge is 0.337 e. The maximum Gasteiger partial charge on any atom is 0.337 e. The third-order valence-corrected chi connectivity index (χ3v) is 5.60. The molecule has 0 bridgehead atoms. The normalized spacial score (nSPS) is 14.4. The summed E-state index contributed by atoms with van der Waals surface area (Å²) in [5, 5.41) is 2.92. The first-order chi connectivity index (χ1) is 16.0. The van der Waals surface area contributed by atoms with E-state index in [9.17, 15) is 9.59 Å². The zero-order valence-electron chi connectivity index (χ0n) is 18.8. The number of carbonyl (C=O) groups is 2. The highest BCUT2D eigenvalue weighted by Gasteiger charge is 2.19. The van der Waals surface area contributed by atoms with Gasteiger partial charge in [0.25, 0.3) is 0 Å². The largest absolute Gasteiger partial charge is 0.465 e. The third-order valence-electron chi connectivity index (χ3n) is 5.60. The zero-order valence-corrected chi connectivity index (χ0v) is 18.8. The van der Waals surface area contributed by atoms with Gasteiger partial charge in [-0.3, -0.25) is 4.79 Å². The maximum atomic E-state index is 12.7. The molecule has 170 valence electrons. The molecule has 33 heavy (non-hydrogen) atoms. The van der Waals surface area contributed by atoms with Gasteiger partial charge in [0.1, 0.15) is 11.5 Å². The number of rotatable bonds is 6. The lowest BCUT2D eigenvalue weighted by molar-refractivity contribution is -0.111. The van der Waals surface area contributed by atoms with Crippen LogP contribution in [0, 0.1) is 0 Å². The van der Waals surface area contributed by atoms with E-state index >= 15 is 0 Å². The number of nitrogens with one attached hydrogen (secondary N) is 1. The molecule has 2 heterocycles. The van der Waals surface area contributed by atoms with Crippen molar-refractivity contribution in [1.29, 1.82) is 0 Å². The van der Waals surface area contributed by atoms with Gasteiger partial charge in [0.2, 0.25) is 5.91 Å². The quantitative estimate of drug-likeness (QED) is 0.454. The van der Waals surface area contributed by atoms with Crippen molar-refractivity contribution in [2.24, 2.45) is 0 Å². The number of furan rings is 1. The molecule has 1 aliphatic heterocycles. The van der Waals surface area contributed by atoms with Crippen molar-refractivity contribution < 1.29 is 18.7 Å². The van der Waals surface area contributed by atoms with Gasteiger partial charge in [-0.1, -0.05) is 30.3 Å². The molecule has 0 aliphatic carbocycles. The lowest BCUT2D eigenvalue weighted by atomic mass is 10.1. The summed E-state index contributed by atoms with van der Waals surface area (Å²) >= 11 is 0. The van der Waals surface area contributed by atoms with Crippen molar-refractivity contribution in [1.82, 2.24) is 4.90 Å². The van der Waals surface area contributed by atoms with Gasteiger partial charge in [-0.05, 0) is 43.5 Å². The Labute approximate surface area is 193 Å². The second-order valence-corrected chi connectivity index (χ2v) is 7.90. The van der Waals surface area contributed by atoms with Gasteiger partial charge in [0, 0.05) is 37.8 Å². The van der Waals surface area contributed by atoms with Gasteiger partial charge >= 0.3 is 5.97 Å². The molecule has 0 atom stereocenters. The van der Waals surface area contributed by atoms with E-state index < -0.39 is 5.97 Å². The number of anilines is 2. The second kappa shape index (κ2) is 10.2. The number of likely N-dealkylation sites (N-methyl/N-ethyl adjacent to an activating group) is 1. The molecule has 1 N–H and O–H groups in total. The Bertz CT molecular complexity index is 1150. The first-order valence-electron chi connectivity index (χ1n) is 10.8. The van der Waals surface area contributed by atoms with Crippen molar-refractivity contribution >= 4 is 29.3 Å². The van der Waals surface area contributed by atoms with Crippen molar-refractivity contribution in [3.05, 3.63) is 78.1 Å². The molecule has 2 aromatic carbocycles. The molecular formula is C26H27N3O4. The minimum Gasteiger partial charge on any atom is -0.465 e. The van der Waals surface area contributed by atoms with E-state index in [2.05, 4.69) is 22.2 Å². The van der Waals surface area contributed by atoms with Crippen LogP contribution in [0.4, 0.5) is 11.4 Å². The highest BCUT2D eigenvalue weighted by Crippen LogP contribution is 2.29. The fourth-order valence-electron chi connectivity index (χ4n) is 3.74. The van der Waals surface area contributed by atoms with Crippen LogP contribution in [-0.2, 0) is 9.53 Å². The van der Waals surface area contributed by atoms with Crippen LogP contribution in [0.15, 0.2) is 71.2 Å². The van der Waals surface area contributed by atoms with Gasteiger partial charge in [0.05, 0.1) is 24.0 Å². The summed E-state index contributed by atoms with van der Waals surface area (Å²) in [6.45, 7) is 3.52. The summed E-state index contributed by atoms with van der Waals surface area (Å²) in [4.78, 5) is 29.2. The topological polar surface area (TPSA) is 75.0 Å². The number of esters is 1. The fourth-order valence-corrected chi connectivity index (χ4v) is 3.74. The van der Waals surface area contributed by atoms with Crippen molar-refractivity contribution in [3.8, 4) is 11.3 Å². The summed E-state index contributed by atoms with van der Waals surface area (Å²) in [6, 6.07) is 18.7. The average Bonchev–Trinajstić information content (AvgIpc) is 3.33. The SMILES string of the molecule is COC(=O)c1ccc(N2CCN(C)CC2)c(NC(=O)/C=C/c2ccc(-c3ccccc3)o2)c1. The van der Waals surface area contributed by atoms with Gasteiger partial charge in [-0.15, -0.1) is 0 Å². The number of amides is 1. The van der Waals surface area contributed by atoms with Gasteiger partial charge in [-0.25, -0.2) is 4.79 Å². The molecule has 1 fully saturated rings. The molecule has 1 saturated heterocycles. The molecule has 4 rings (SSSR count). The fraction of sp³-hybridized carbons (Fsp3) is 0.231. The lowest BCUT2D eigenvalue weighted by Gasteiger charge is -2.35. The van der Waals surface area contributed by atoms with Crippen molar-refractivity contribution in [2.45, 2.75) is 0 Å². The van der Waals surface area contributed by atoms with E-state index in [0.717, 1.165) is 43.2 Å². The minimum absolute atomic E-state index is 0.315. The van der Waals surface area contributed by atoms with E-state index in [1.165, 1.54) is 13.2 Å². The molecule has 7 nitrogen and oxygen atoms in total. The van der Waals surface area contributed by atoms with Crippen molar-refractivity contribution in [2.75, 3.05) is 50.6 Å². The first kappa shape index (κ1) is 22.4. The van der Waals surface area contributed by atoms with Crippen LogP contribution in [0.2, 0.25) is 0 Å². The molecule has 3 aromatic rings. The average molecular weight is 446 g/mol. The van der Waals surface area contributed by atoms with E-state index in [0.29, 0.717) is 17.0 Å². The highest BCUT2D eigenvalue weighted by molar-refractivity contribution is 6.04. The lowest BCUT2D eigenvalue weighted by Crippen LogP contribution is -2.44. The Hall–Kier alpha value is -3.84. The van der Waals surface area contributed by atoms with Crippen molar-refractivity contribution in [3.63, 3.8) is 0 Å². The number of carbonyl (C=O) groups excluding carboxylic acids is 2. The number of hydrogen-bond acceptors (Lipinski definition) is 6. The van der Waals surface area contributed by atoms with Crippen LogP contribution in [0.5, 0.6) is 0 Å². The molecule has 0 saturated carbocycles. The first-order valence-corrected chi connectivity index (χ1v) is 10.8. The van der Waals surface area contributed by atoms with E-state index in [4.69, 9.17) is 9.15 Å². The number of ether oxygens (including phenoxy) is 1. The van der Waals surface area contributed by atoms with Crippen LogP contribution in [0.25, 0.3) is 17.4 Å². The minimum atomic E-state index is -0.449. The Morgan fingerprint density at radius 1 is 1.00 bits per heavy atom. The summed E-state index contributed by atoms with van der Waals surface area (Å²) in [5.41, 5.74) is 2.80. The molecule has 1 aliphatic rings. The van der Waals surface area contributed by atoms with E-state index in [1.54, 1.807) is 18.2 Å². The molecule has 1 aromatic heterocycles. The number of methoxy groups -OCH3 is 1. The zero-order chi connectivity index (χ0) is 23.2. The predicted octanol–water partition coefficient (Wildman–Crippen LogP) is 4.14. The van der Waals surface area contributed by atoms with Crippen LogP contribution in [-0.4, -0.2) is 57.1 Å². The summed E-state index contributed by atoms with van der Waals surface area (Å²) in [6.07, 6.45) is 3.05. The molecule has 1 amide bonds. The van der Waals surface area contributed by atoms with E-state index in [-0.39, 0.29) is 5.91 Å². The number of hydrogen-bond donors (Lipinski definition) is 1. The number of nitrogens with zero attached hydrogens (tertiary/aromatic N) is 2. The Morgan fingerprint density at radius 3 is 2.48 bits per heavy atom. The van der Waals surface area contributed by atoms with Crippen LogP contribution in [0.1, 0.15) is 16.1 Å². The second-order valence-electron chi connectivity index (χ2n) is 7.90. The molecular weight excluding hydrogens is 418 g/mol. The summed E-state index contributed by atoms with van der Waals surface area (Å²) in [5.74, 6) is 0.547. The third kappa shape index (κ3) is 5.51. The Kier molecular flexibility index (Phi) is 6.90. The maximum absolute atomic E-state index is 12.7. The Balaban J connectivity index is 1.51. The van der Waals surface area contributed by atoms with Gasteiger partial charge < -0.3 is 24.3 Å². The van der Waals surface area contributed by atoms with Gasteiger partial charge in [-0.2, -0.15) is 0 Å². The predicted molar refractivity (Wildman–Crippen MR) is 129 cm³/mol. The van der Waals surface area contributed by atoms with Crippen LogP contribution < -0.4 is 10.2 Å².